The summed E-state index contributed by atoms with van der Waals surface area (Å²) in [6, 6.07) is 16.6. The van der Waals surface area contributed by atoms with Gasteiger partial charge in [0, 0.05) is 42.8 Å². The van der Waals surface area contributed by atoms with Gasteiger partial charge in [0.25, 0.3) is 11.8 Å². The van der Waals surface area contributed by atoms with E-state index in [0.717, 1.165) is 22.3 Å². The molecule has 0 saturated carbocycles. The van der Waals surface area contributed by atoms with E-state index in [1.54, 1.807) is 36.3 Å². The number of amides is 2. The lowest BCUT2D eigenvalue weighted by Crippen LogP contribution is -2.50. The minimum Gasteiger partial charge on any atom is -0.497 e. The number of nitrogens with zero attached hydrogens (tertiary/aromatic N) is 3. The molecule has 1 aliphatic heterocycles. The summed E-state index contributed by atoms with van der Waals surface area (Å²) in [5, 5.41) is 0.861. The van der Waals surface area contributed by atoms with Gasteiger partial charge in [0.2, 0.25) is 0 Å². The van der Waals surface area contributed by atoms with Crippen molar-refractivity contribution in [2.75, 3.05) is 33.3 Å². The third kappa shape index (κ3) is 3.78. The number of methoxy groups -OCH3 is 1. The summed E-state index contributed by atoms with van der Waals surface area (Å²) in [6.07, 6.45) is 0. The monoisotopic (exact) mass is 389 g/mol. The number of ether oxygens (including phenoxy) is 1. The number of fused-ring (bicyclic) bond motifs is 1. The van der Waals surface area contributed by atoms with Crippen LogP contribution in [0, 0.1) is 6.92 Å². The Morgan fingerprint density at radius 1 is 0.897 bits per heavy atom. The highest BCUT2D eigenvalue weighted by Gasteiger charge is 2.26. The van der Waals surface area contributed by atoms with Gasteiger partial charge in [0.15, 0.2) is 0 Å². The van der Waals surface area contributed by atoms with Crippen molar-refractivity contribution in [3.05, 3.63) is 71.4 Å². The van der Waals surface area contributed by atoms with Gasteiger partial charge in [0.1, 0.15) is 5.75 Å². The van der Waals surface area contributed by atoms with Gasteiger partial charge in [-0.05, 0) is 43.3 Å². The van der Waals surface area contributed by atoms with E-state index in [1.807, 2.05) is 42.2 Å². The Kier molecular flexibility index (Phi) is 5.16. The van der Waals surface area contributed by atoms with Crippen LogP contribution in [-0.4, -0.2) is 59.9 Å². The van der Waals surface area contributed by atoms with Gasteiger partial charge in [-0.25, -0.2) is 0 Å². The third-order valence-corrected chi connectivity index (χ3v) is 5.27. The standard InChI is InChI=1S/C23H23N3O3/c1-16-15-20(19-5-3-4-6-21(19)24-16)23(28)26-13-11-25(12-14-26)22(27)17-7-9-18(29-2)10-8-17/h3-10,15H,11-14H2,1-2H3. The molecule has 1 fully saturated rings. The second kappa shape index (κ2) is 7.91. The molecule has 6 nitrogen and oxygen atoms in total. The Bertz CT molecular complexity index is 1050. The van der Waals surface area contributed by atoms with Crippen LogP contribution in [0.2, 0.25) is 0 Å². The summed E-state index contributed by atoms with van der Waals surface area (Å²) in [7, 11) is 1.60. The van der Waals surface area contributed by atoms with Crippen molar-refractivity contribution >= 4 is 22.7 Å². The number of hydrogen-bond acceptors (Lipinski definition) is 4. The van der Waals surface area contributed by atoms with Gasteiger partial charge < -0.3 is 14.5 Å². The van der Waals surface area contributed by atoms with Crippen LogP contribution in [0.4, 0.5) is 0 Å². The Morgan fingerprint density at radius 3 is 2.17 bits per heavy atom. The largest absolute Gasteiger partial charge is 0.497 e. The van der Waals surface area contributed by atoms with Crippen molar-refractivity contribution < 1.29 is 14.3 Å². The zero-order valence-electron chi connectivity index (χ0n) is 16.6. The minimum absolute atomic E-state index is 0.0109. The number of benzene rings is 2. The van der Waals surface area contributed by atoms with E-state index in [4.69, 9.17) is 4.74 Å². The van der Waals surface area contributed by atoms with Crippen LogP contribution in [-0.2, 0) is 0 Å². The van der Waals surface area contributed by atoms with Gasteiger partial charge in [-0.1, -0.05) is 18.2 Å². The number of aryl methyl sites for hydroxylation is 1. The van der Waals surface area contributed by atoms with Gasteiger partial charge in [-0.15, -0.1) is 0 Å². The van der Waals surface area contributed by atoms with Gasteiger partial charge in [0.05, 0.1) is 18.2 Å². The lowest BCUT2D eigenvalue weighted by atomic mass is 10.1. The van der Waals surface area contributed by atoms with Crippen molar-refractivity contribution in [1.82, 2.24) is 14.8 Å². The topological polar surface area (TPSA) is 62.7 Å². The molecule has 0 bridgehead atoms. The molecule has 0 unspecified atom stereocenters. The molecule has 2 heterocycles. The van der Waals surface area contributed by atoms with E-state index in [-0.39, 0.29) is 11.8 Å². The maximum absolute atomic E-state index is 13.2. The van der Waals surface area contributed by atoms with Crippen molar-refractivity contribution in [2.45, 2.75) is 6.92 Å². The van der Waals surface area contributed by atoms with Crippen LogP contribution in [0.25, 0.3) is 10.9 Å². The fraction of sp³-hybridized carbons (Fsp3) is 0.261. The first-order valence-electron chi connectivity index (χ1n) is 9.66. The second-order valence-electron chi connectivity index (χ2n) is 7.14. The Morgan fingerprint density at radius 2 is 1.52 bits per heavy atom. The van der Waals surface area contributed by atoms with Crippen LogP contribution < -0.4 is 4.74 Å². The predicted octanol–water partition coefficient (Wildman–Crippen LogP) is 3.15. The van der Waals surface area contributed by atoms with Crippen LogP contribution in [0.5, 0.6) is 5.75 Å². The number of carbonyl (C=O) groups is 2. The molecule has 0 atom stereocenters. The number of pyridine rings is 1. The van der Waals surface area contributed by atoms with E-state index >= 15 is 0 Å². The molecule has 1 saturated heterocycles. The van der Waals surface area contributed by atoms with Crippen LogP contribution >= 0.6 is 0 Å². The van der Waals surface area contributed by atoms with E-state index in [0.29, 0.717) is 37.3 Å². The third-order valence-electron chi connectivity index (χ3n) is 5.27. The van der Waals surface area contributed by atoms with Crippen molar-refractivity contribution in [1.29, 1.82) is 0 Å². The second-order valence-corrected chi connectivity index (χ2v) is 7.14. The Labute approximate surface area is 169 Å². The number of hydrogen-bond donors (Lipinski definition) is 0. The van der Waals surface area contributed by atoms with E-state index in [1.165, 1.54) is 0 Å². The highest BCUT2D eigenvalue weighted by Crippen LogP contribution is 2.21. The first-order valence-corrected chi connectivity index (χ1v) is 9.66. The normalized spacial score (nSPS) is 14.1. The zero-order valence-corrected chi connectivity index (χ0v) is 16.6. The fourth-order valence-corrected chi connectivity index (χ4v) is 3.68. The summed E-state index contributed by atoms with van der Waals surface area (Å²) in [6.45, 7) is 3.94. The molecule has 2 aromatic carbocycles. The lowest BCUT2D eigenvalue weighted by molar-refractivity contribution is 0.0536. The van der Waals surface area contributed by atoms with Gasteiger partial charge in [-0.2, -0.15) is 0 Å². The quantitative estimate of drug-likeness (QED) is 0.690. The first kappa shape index (κ1) is 18.9. The molecule has 2 amide bonds. The number of aromatic nitrogens is 1. The van der Waals surface area contributed by atoms with E-state index in [2.05, 4.69) is 4.98 Å². The SMILES string of the molecule is COc1ccc(C(=O)N2CCN(C(=O)c3cc(C)nc4ccccc34)CC2)cc1. The summed E-state index contributed by atoms with van der Waals surface area (Å²) < 4.78 is 5.14. The summed E-state index contributed by atoms with van der Waals surface area (Å²) in [5.74, 6) is 0.685. The van der Waals surface area contributed by atoms with E-state index in [9.17, 15) is 9.59 Å². The average Bonchev–Trinajstić information content (AvgIpc) is 2.77. The molecule has 0 aliphatic carbocycles. The molecule has 29 heavy (non-hydrogen) atoms. The molecule has 3 aromatic rings. The number of para-hydroxylation sites is 1. The Hall–Kier alpha value is -3.41. The van der Waals surface area contributed by atoms with Crippen LogP contribution in [0.1, 0.15) is 26.4 Å². The highest BCUT2D eigenvalue weighted by atomic mass is 16.5. The van der Waals surface area contributed by atoms with Crippen molar-refractivity contribution in [3.63, 3.8) is 0 Å². The maximum atomic E-state index is 13.2. The summed E-state index contributed by atoms with van der Waals surface area (Å²) in [4.78, 5) is 34.0. The molecule has 6 heteroatoms. The molecular weight excluding hydrogens is 366 g/mol. The van der Waals surface area contributed by atoms with Crippen LogP contribution in [0.3, 0.4) is 0 Å². The average molecular weight is 389 g/mol. The molecule has 1 aliphatic rings. The number of piperazine rings is 1. The molecule has 148 valence electrons. The van der Waals surface area contributed by atoms with Gasteiger partial charge >= 0.3 is 0 Å². The number of rotatable bonds is 3. The van der Waals surface area contributed by atoms with Crippen molar-refractivity contribution in [3.8, 4) is 5.75 Å². The first-order chi connectivity index (χ1) is 14.1. The van der Waals surface area contributed by atoms with Gasteiger partial charge in [-0.3, -0.25) is 14.6 Å². The summed E-state index contributed by atoms with van der Waals surface area (Å²) in [5.41, 5.74) is 2.94. The highest BCUT2D eigenvalue weighted by molar-refractivity contribution is 6.06. The minimum atomic E-state index is -0.0232. The molecule has 1 aromatic heterocycles. The molecule has 0 radical (unpaired) electrons. The predicted molar refractivity (Wildman–Crippen MR) is 111 cm³/mol. The molecule has 4 rings (SSSR count). The maximum Gasteiger partial charge on any atom is 0.254 e. The van der Waals surface area contributed by atoms with Crippen molar-refractivity contribution in [2.24, 2.45) is 0 Å². The molecular formula is C23H23N3O3. The molecule has 0 N–H and O–H groups in total. The van der Waals surface area contributed by atoms with Crippen LogP contribution in [0.15, 0.2) is 54.6 Å². The zero-order chi connectivity index (χ0) is 20.4. The number of carbonyl (C=O) groups excluding carboxylic acids is 2. The van der Waals surface area contributed by atoms with E-state index < -0.39 is 0 Å². The summed E-state index contributed by atoms with van der Waals surface area (Å²) >= 11 is 0. The Balaban J connectivity index is 1.47. The molecule has 0 spiro atoms. The fourth-order valence-electron chi connectivity index (χ4n) is 3.68. The smallest absolute Gasteiger partial charge is 0.254 e. The lowest BCUT2D eigenvalue weighted by Gasteiger charge is -2.35.